The van der Waals surface area contributed by atoms with Crippen LogP contribution in [0.5, 0.6) is 5.75 Å². The van der Waals surface area contributed by atoms with E-state index in [0.29, 0.717) is 12.1 Å². The molecule has 2 N–H and O–H groups in total. The Balaban J connectivity index is 2.01. The molecular weight excluding hydrogens is 317 g/mol. The second-order valence-corrected chi connectivity index (χ2v) is 6.56. The van der Waals surface area contributed by atoms with E-state index in [1.54, 1.807) is 17.4 Å². The highest BCUT2D eigenvalue weighted by Gasteiger charge is 2.11. The first-order chi connectivity index (χ1) is 8.56. The molecule has 18 heavy (non-hydrogen) atoms. The molecule has 0 spiro atoms. The van der Waals surface area contributed by atoms with E-state index >= 15 is 0 Å². The quantitative estimate of drug-likeness (QED) is 0.880. The zero-order chi connectivity index (χ0) is 13.1. The number of aromatic hydroxyl groups is 1. The summed E-state index contributed by atoms with van der Waals surface area (Å²) in [7, 11) is 0. The fraction of sp³-hybridized carbons (Fsp3) is 0.231. The summed E-state index contributed by atoms with van der Waals surface area (Å²) < 4.78 is 14.7. The third-order valence-electron chi connectivity index (χ3n) is 2.66. The topological polar surface area (TPSA) is 32.3 Å². The average Bonchev–Trinajstić information content (AvgIpc) is 2.72. The van der Waals surface area contributed by atoms with E-state index in [-0.39, 0.29) is 17.6 Å². The number of thiophene rings is 1. The molecule has 0 aliphatic carbocycles. The van der Waals surface area contributed by atoms with Gasteiger partial charge < -0.3 is 10.4 Å². The Morgan fingerprint density at radius 3 is 2.78 bits per heavy atom. The van der Waals surface area contributed by atoms with Crippen LogP contribution in [0.1, 0.15) is 23.4 Å². The van der Waals surface area contributed by atoms with E-state index < -0.39 is 0 Å². The maximum atomic E-state index is 13.6. The van der Waals surface area contributed by atoms with Crippen molar-refractivity contribution in [3.05, 3.63) is 50.4 Å². The van der Waals surface area contributed by atoms with Crippen molar-refractivity contribution in [1.82, 2.24) is 5.32 Å². The molecule has 5 heteroatoms. The standard InChI is InChI=1S/C13H13BrFNOS/c1-8(11-4-2-9(17)6-12(11)15)16-7-10-3-5-13(14)18-10/h2-6,8,16-17H,7H2,1H3. The molecule has 1 atom stereocenters. The predicted octanol–water partition coefficient (Wildman–Crippen LogP) is 4.21. The van der Waals surface area contributed by atoms with Gasteiger partial charge in [-0.3, -0.25) is 0 Å². The van der Waals surface area contributed by atoms with Crippen LogP contribution in [0.15, 0.2) is 34.1 Å². The van der Waals surface area contributed by atoms with Crippen molar-refractivity contribution in [3.8, 4) is 5.75 Å². The normalized spacial score (nSPS) is 12.6. The number of phenols is 1. The van der Waals surface area contributed by atoms with Gasteiger partial charge in [0, 0.05) is 29.1 Å². The first-order valence-electron chi connectivity index (χ1n) is 5.52. The van der Waals surface area contributed by atoms with Crippen molar-refractivity contribution in [2.24, 2.45) is 0 Å². The molecule has 0 saturated carbocycles. The van der Waals surface area contributed by atoms with Crippen LogP contribution in [0.2, 0.25) is 0 Å². The molecule has 1 heterocycles. The Labute approximate surface area is 118 Å². The van der Waals surface area contributed by atoms with Crippen molar-refractivity contribution < 1.29 is 9.50 Å². The van der Waals surface area contributed by atoms with Crippen LogP contribution in [-0.4, -0.2) is 5.11 Å². The summed E-state index contributed by atoms with van der Waals surface area (Å²) in [6, 6.07) is 8.15. The predicted molar refractivity (Wildman–Crippen MR) is 75.3 cm³/mol. The summed E-state index contributed by atoms with van der Waals surface area (Å²) in [5.41, 5.74) is 0.559. The SMILES string of the molecule is CC(NCc1ccc(Br)s1)c1ccc(O)cc1F. The summed E-state index contributed by atoms with van der Waals surface area (Å²) in [5.74, 6) is -0.437. The largest absolute Gasteiger partial charge is 0.508 e. The minimum Gasteiger partial charge on any atom is -0.508 e. The van der Waals surface area contributed by atoms with Crippen molar-refractivity contribution in [2.75, 3.05) is 0 Å². The lowest BCUT2D eigenvalue weighted by atomic mass is 10.1. The highest BCUT2D eigenvalue weighted by atomic mass is 79.9. The summed E-state index contributed by atoms with van der Waals surface area (Å²) in [6.07, 6.45) is 0. The van der Waals surface area contributed by atoms with E-state index in [4.69, 9.17) is 5.11 Å². The highest BCUT2D eigenvalue weighted by Crippen LogP contribution is 2.24. The van der Waals surface area contributed by atoms with Crippen LogP contribution in [0.4, 0.5) is 4.39 Å². The molecule has 2 nitrogen and oxygen atoms in total. The minimum atomic E-state index is -0.387. The lowest BCUT2D eigenvalue weighted by Gasteiger charge is -2.14. The molecule has 2 rings (SSSR count). The molecule has 0 aliphatic rings. The molecular formula is C13H13BrFNOS. The lowest BCUT2D eigenvalue weighted by Crippen LogP contribution is -2.18. The van der Waals surface area contributed by atoms with Gasteiger partial charge in [-0.1, -0.05) is 6.07 Å². The first kappa shape index (κ1) is 13.5. The third-order valence-corrected chi connectivity index (χ3v) is 4.29. The van der Waals surface area contributed by atoms with Crippen LogP contribution in [0.25, 0.3) is 0 Å². The van der Waals surface area contributed by atoms with E-state index in [1.165, 1.54) is 10.9 Å². The van der Waals surface area contributed by atoms with Gasteiger partial charge in [-0.15, -0.1) is 11.3 Å². The monoisotopic (exact) mass is 329 g/mol. The number of hydrogen-bond acceptors (Lipinski definition) is 3. The Kier molecular flexibility index (Phi) is 4.37. The smallest absolute Gasteiger partial charge is 0.131 e. The highest BCUT2D eigenvalue weighted by molar-refractivity contribution is 9.11. The molecule has 96 valence electrons. The van der Waals surface area contributed by atoms with Crippen LogP contribution < -0.4 is 5.32 Å². The molecule has 0 saturated heterocycles. The second kappa shape index (κ2) is 5.82. The lowest BCUT2D eigenvalue weighted by molar-refractivity contribution is 0.463. The Hall–Kier alpha value is -0.910. The van der Waals surface area contributed by atoms with E-state index in [1.807, 2.05) is 19.1 Å². The van der Waals surface area contributed by atoms with Gasteiger partial charge in [0.2, 0.25) is 0 Å². The summed E-state index contributed by atoms with van der Waals surface area (Å²) in [5, 5.41) is 12.4. The van der Waals surface area contributed by atoms with Crippen LogP contribution in [-0.2, 0) is 6.54 Å². The minimum absolute atomic E-state index is 0.0503. The average molecular weight is 330 g/mol. The molecule has 1 unspecified atom stereocenters. The molecule has 0 fully saturated rings. The summed E-state index contributed by atoms with van der Waals surface area (Å²) in [6.45, 7) is 2.59. The van der Waals surface area contributed by atoms with Gasteiger partial charge >= 0.3 is 0 Å². The van der Waals surface area contributed by atoms with E-state index in [9.17, 15) is 4.39 Å². The number of nitrogens with one attached hydrogen (secondary N) is 1. The van der Waals surface area contributed by atoms with Crippen LogP contribution >= 0.6 is 27.3 Å². The maximum absolute atomic E-state index is 13.6. The summed E-state index contributed by atoms with van der Waals surface area (Å²) in [4.78, 5) is 1.19. The molecule has 0 bridgehead atoms. The molecule has 0 amide bonds. The number of halogens is 2. The van der Waals surface area contributed by atoms with Gasteiger partial charge in [0.05, 0.1) is 3.79 Å². The third kappa shape index (κ3) is 3.31. The second-order valence-electron chi connectivity index (χ2n) is 4.01. The zero-order valence-corrected chi connectivity index (χ0v) is 12.2. The van der Waals surface area contributed by atoms with Crippen LogP contribution in [0.3, 0.4) is 0 Å². The molecule has 1 aromatic carbocycles. The molecule has 0 radical (unpaired) electrons. The Bertz CT molecular complexity index is 544. The maximum Gasteiger partial charge on any atom is 0.131 e. The summed E-state index contributed by atoms with van der Waals surface area (Å²) >= 11 is 5.06. The fourth-order valence-electron chi connectivity index (χ4n) is 1.68. The Morgan fingerprint density at radius 2 is 2.17 bits per heavy atom. The van der Waals surface area contributed by atoms with Gasteiger partial charge in [-0.05, 0) is 41.1 Å². The first-order valence-corrected chi connectivity index (χ1v) is 7.13. The van der Waals surface area contributed by atoms with E-state index in [2.05, 4.69) is 21.2 Å². The number of benzene rings is 1. The fourth-order valence-corrected chi connectivity index (χ4v) is 3.11. The van der Waals surface area contributed by atoms with E-state index in [0.717, 1.165) is 9.85 Å². The van der Waals surface area contributed by atoms with Gasteiger partial charge in [0.25, 0.3) is 0 Å². The number of hydrogen-bond donors (Lipinski definition) is 2. The van der Waals surface area contributed by atoms with Gasteiger partial charge in [-0.25, -0.2) is 4.39 Å². The Morgan fingerprint density at radius 1 is 1.39 bits per heavy atom. The zero-order valence-electron chi connectivity index (χ0n) is 9.78. The van der Waals surface area contributed by atoms with Gasteiger partial charge in [-0.2, -0.15) is 0 Å². The molecule has 1 aromatic heterocycles. The van der Waals surface area contributed by atoms with Crippen molar-refractivity contribution in [3.63, 3.8) is 0 Å². The van der Waals surface area contributed by atoms with Crippen molar-refractivity contribution in [1.29, 1.82) is 0 Å². The van der Waals surface area contributed by atoms with Crippen LogP contribution in [0, 0.1) is 5.82 Å². The van der Waals surface area contributed by atoms with Gasteiger partial charge in [0.1, 0.15) is 11.6 Å². The van der Waals surface area contributed by atoms with Crippen molar-refractivity contribution in [2.45, 2.75) is 19.5 Å². The number of phenolic OH excluding ortho intramolecular Hbond substituents is 1. The number of rotatable bonds is 4. The molecule has 2 aromatic rings. The van der Waals surface area contributed by atoms with Crippen molar-refractivity contribution >= 4 is 27.3 Å². The van der Waals surface area contributed by atoms with Gasteiger partial charge in [0.15, 0.2) is 0 Å². The molecule has 0 aliphatic heterocycles.